The van der Waals surface area contributed by atoms with Crippen LogP contribution in [0.5, 0.6) is 0 Å². The minimum absolute atomic E-state index is 0.0468. The van der Waals surface area contributed by atoms with E-state index in [1.807, 2.05) is 0 Å². The van der Waals surface area contributed by atoms with Gasteiger partial charge in [-0.25, -0.2) is 18.7 Å². The molecule has 0 aliphatic heterocycles. The molecule has 0 fully saturated rings. The van der Waals surface area contributed by atoms with E-state index < -0.39 is 6.43 Å². The molecule has 2 aromatic rings. The van der Waals surface area contributed by atoms with E-state index in [0.29, 0.717) is 10.2 Å². The Morgan fingerprint density at radius 2 is 2.25 bits per heavy atom. The van der Waals surface area contributed by atoms with Crippen LogP contribution in [0.25, 0.3) is 10.2 Å². The Balaban J connectivity index is 2.62. The predicted octanol–water partition coefficient (Wildman–Crippen LogP) is 2.63. The largest absolute Gasteiger partial charge is 0.272 e. The lowest BCUT2D eigenvalue weighted by Crippen LogP contribution is -1.72. The predicted molar refractivity (Wildman–Crippen MR) is 42.4 cm³/mol. The summed E-state index contributed by atoms with van der Waals surface area (Å²) in [5, 5.41) is 0.679. The summed E-state index contributed by atoms with van der Waals surface area (Å²) < 4.78 is 24.3. The van der Waals surface area contributed by atoms with Crippen molar-refractivity contribution in [2.24, 2.45) is 0 Å². The van der Waals surface area contributed by atoms with Gasteiger partial charge in [0.2, 0.25) is 0 Å². The van der Waals surface area contributed by atoms with Gasteiger partial charge < -0.3 is 0 Å². The van der Waals surface area contributed by atoms with Crippen LogP contribution in [-0.4, -0.2) is 9.97 Å². The molecule has 62 valence electrons. The quantitative estimate of drug-likeness (QED) is 0.684. The van der Waals surface area contributed by atoms with E-state index in [4.69, 9.17) is 0 Å². The molecule has 0 bridgehead atoms. The highest BCUT2D eigenvalue weighted by Gasteiger charge is 2.11. The Kier molecular flexibility index (Phi) is 1.73. The number of alkyl halides is 2. The van der Waals surface area contributed by atoms with E-state index >= 15 is 0 Å². The second kappa shape index (κ2) is 2.75. The molecule has 2 heterocycles. The molecule has 0 aliphatic carbocycles. The van der Waals surface area contributed by atoms with E-state index in [0.717, 1.165) is 11.3 Å². The minimum Gasteiger partial charge on any atom is -0.244 e. The maximum atomic E-state index is 12.2. The van der Waals surface area contributed by atoms with Gasteiger partial charge in [0, 0.05) is 11.6 Å². The van der Waals surface area contributed by atoms with Crippen molar-refractivity contribution in [1.29, 1.82) is 0 Å². The Morgan fingerprint density at radius 3 is 2.92 bits per heavy atom. The van der Waals surface area contributed by atoms with Crippen molar-refractivity contribution in [3.63, 3.8) is 0 Å². The van der Waals surface area contributed by atoms with E-state index in [-0.39, 0.29) is 4.88 Å². The zero-order valence-corrected chi connectivity index (χ0v) is 6.68. The van der Waals surface area contributed by atoms with Crippen molar-refractivity contribution in [3.05, 3.63) is 23.5 Å². The number of hydrogen-bond acceptors (Lipinski definition) is 3. The third-order valence-corrected chi connectivity index (χ3v) is 2.50. The molecular weight excluding hydrogens is 182 g/mol. The van der Waals surface area contributed by atoms with Gasteiger partial charge >= 0.3 is 0 Å². The summed E-state index contributed by atoms with van der Waals surface area (Å²) in [5.41, 5.74) is 0. The third kappa shape index (κ3) is 1.16. The Morgan fingerprint density at radius 1 is 1.42 bits per heavy atom. The van der Waals surface area contributed by atoms with Crippen LogP contribution in [0.1, 0.15) is 11.3 Å². The first-order chi connectivity index (χ1) is 5.77. The molecule has 5 heteroatoms. The number of aromatic nitrogens is 2. The van der Waals surface area contributed by atoms with E-state index in [1.165, 1.54) is 18.6 Å². The monoisotopic (exact) mass is 186 g/mol. The molecule has 2 rings (SSSR count). The number of halogens is 2. The molecular formula is C7H4F2N2S. The fourth-order valence-corrected chi connectivity index (χ4v) is 1.74. The molecule has 0 unspecified atom stereocenters. The summed E-state index contributed by atoms with van der Waals surface area (Å²) in [6, 6.07) is 1.42. The number of thiophene rings is 1. The number of hydrogen-bond donors (Lipinski definition) is 0. The molecule has 2 aromatic heterocycles. The zero-order chi connectivity index (χ0) is 8.55. The lowest BCUT2D eigenvalue weighted by atomic mass is 10.4. The van der Waals surface area contributed by atoms with Crippen molar-refractivity contribution < 1.29 is 8.78 Å². The second-order valence-corrected chi connectivity index (χ2v) is 3.29. The van der Waals surface area contributed by atoms with Gasteiger partial charge in [-0.2, -0.15) is 0 Å². The van der Waals surface area contributed by atoms with E-state index in [2.05, 4.69) is 9.97 Å². The van der Waals surface area contributed by atoms with Crippen LogP contribution in [0.3, 0.4) is 0 Å². The van der Waals surface area contributed by atoms with Crippen LogP contribution in [-0.2, 0) is 0 Å². The van der Waals surface area contributed by atoms with E-state index in [9.17, 15) is 8.78 Å². The van der Waals surface area contributed by atoms with Crippen LogP contribution >= 0.6 is 11.3 Å². The van der Waals surface area contributed by atoms with Crippen LogP contribution in [0.4, 0.5) is 8.78 Å². The SMILES string of the molecule is FC(F)c1cc2cncnc2s1. The molecule has 0 saturated carbocycles. The average molecular weight is 186 g/mol. The number of rotatable bonds is 1. The number of nitrogens with zero attached hydrogens (tertiary/aromatic N) is 2. The molecule has 0 aliphatic rings. The highest BCUT2D eigenvalue weighted by Crippen LogP contribution is 2.30. The minimum atomic E-state index is -2.41. The maximum absolute atomic E-state index is 12.2. The van der Waals surface area contributed by atoms with E-state index in [1.54, 1.807) is 0 Å². The summed E-state index contributed by atoms with van der Waals surface area (Å²) in [7, 11) is 0. The molecule has 0 aromatic carbocycles. The van der Waals surface area contributed by atoms with Crippen LogP contribution in [0.15, 0.2) is 18.6 Å². The second-order valence-electron chi connectivity index (χ2n) is 2.23. The molecule has 12 heavy (non-hydrogen) atoms. The lowest BCUT2D eigenvalue weighted by molar-refractivity contribution is 0.156. The zero-order valence-electron chi connectivity index (χ0n) is 5.87. The highest BCUT2D eigenvalue weighted by atomic mass is 32.1. The van der Waals surface area contributed by atoms with Crippen LogP contribution in [0.2, 0.25) is 0 Å². The van der Waals surface area contributed by atoms with Gasteiger partial charge in [0.1, 0.15) is 11.2 Å². The summed E-state index contributed by atoms with van der Waals surface area (Å²) >= 11 is 1.00. The Hall–Kier alpha value is -1.10. The smallest absolute Gasteiger partial charge is 0.244 e. The first-order valence-corrected chi connectivity index (χ1v) is 4.06. The molecule has 0 spiro atoms. The van der Waals surface area contributed by atoms with Gasteiger partial charge in [-0.05, 0) is 6.07 Å². The summed E-state index contributed by atoms with van der Waals surface area (Å²) in [4.78, 5) is 8.25. The Bertz CT molecular complexity index is 366. The summed E-state index contributed by atoms with van der Waals surface area (Å²) in [6.07, 6.45) is 0.475. The molecule has 0 radical (unpaired) electrons. The van der Waals surface area contributed by atoms with Gasteiger partial charge in [-0.3, -0.25) is 0 Å². The summed E-state index contributed by atoms with van der Waals surface area (Å²) in [5.74, 6) is 0. The van der Waals surface area contributed by atoms with Crippen molar-refractivity contribution in [3.8, 4) is 0 Å². The van der Waals surface area contributed by atoms with Crippen molar-refractivity contribution >= 4 is 21.6 Å². The molecule has 0 amide bonds. The first kappa shape index (κ1) is 7.54. The molecule has 2 nitrogen and oxygen atoms in total. The summed E-state index contributed by atoms with van der Waals surface area (Å²) in [6.45, 7) is 0. The van der Waals surface area contributed by atoms with Crippen molar-refractivity contribution in [2.45, 2.75) is 6.43 Å². The van der Waals surface area contributed by atoms with Crippen molar-refractivity contribution in [1.82, 2.24) is 9.97 Å². The third-order valence-electron chi connectivity index (χ3n) is 1.43. The topological polar surface area (TPSA) is 25.8 Å². The number of fused-ring (bicyclic) bond motifs is 1. The van der Waals surface area contributed by atoms with Crippen LogP contribution in [0, 0.1) is 0 Å². The molecule has 0 N–H and O–H groups in total. The standard InChI is InChI=1S/C7H4F2N2S/c8-6(9)5-1-4-2-10-3-11-7(4)12-5/h1-3,6H. The van der Waals surface area contributed by atoms with Gasteiger partial charge in [-0.1, -0.05) is 0 Å². The van der Waals surface area contributed by atoms with Crippen LogP contribution < -0.4 is 0 Å². The normalized spacial score (nSPS) is 11.2. The van der Waals surface area contributed by atoms with Gasteiger partial charge in [0.05, 0.1) is 4.88 Å². The highest BCUT2D eigenvalue weighted by molar-refractivity contribution is 7.18. The fourth-order valence-electron chi connectivity index (χ4n) is 0.915. The van der Waals surface area contributed by atoms with Crippen molar-refractivity contribution in [2.75, 3.05) is 0 Å². The first-order valence-electron chi connectivity index (χ1n) is 3.25. The van der Waals surface area contributed by atoms with Gasteiger partial charge in [-0.15, -0.1) is 11.3 Å². The fraction of sp³-hybridized carbons (Fsp3) is 0.143. The maximum Gasteiger partial charge on any atom is 0.272 e. The van der Waals surface area contributed by atoms with Gasteiger partial charge in [0.25, 0.3) is 6.43 Å². The Labute approximate surface area is 70.9 Å². The molecule has 0 atom stereocenters. The van der Waals surface area contributed by atoms with Gasteiger partial charge in [0.15, 0.2) is 0 Å². The lowest BCUT2D eigenvalue weighted by Gasteiger charge is -1.87. The average Bonchev–Trinajstić information content (AvgIpc) is 2.46. The molecule has 0 saturated heterocycles.